The van der Waals surface area contributed by atoms with Crippen LogP contribution in [0.15, 0.2) is 0 Å². The minimum absolute atomic E-state index is 0.126. The van der Waals surface area contributed by atoms with Crippen molar-refractivity contribution in [3.63, 3.8) is 0 Å². The minimum atomic E-state index is -0.305. The van der Waals surface area contributed by atoms with Crippen molar-refractivity contribution in [1.82, 2.24) is 10.2 Å². The third-order valence-electron chi connectivity index (χ3n) is 4.99. The van der Waals surface area contributed by atoms with E-state index in [4.69, 9.17) is 5.73 Å². The predicted octanol–water partition coefficient (Wildman–Crippen LogP) is 1.74. The van der Waals surface area contributed by atoms with E-state index in [0.717, 1.165) is 45.4 Å². The van der Waals surface area contributed by atoms with Gasteiger partial charge in [-0.05, 0) is 58.3 Å². The third-order valence-corrected chi connectivity index (χ3v) is 4.99. The molecule has 3 N–H and O–H groups in total. The number of carbonyl (C=O) groups is 1. The molecule has 4 heteroatoms. The molecule has 0 atom stereocenters. The average molecular weight is 269 g/mol. The van der Waals surface area contributed by atoms with Gasteiger partial charge in [-0.25, -0.2) is 0 Å². The lowest BCUT2D eigenvalue weighted by molar-refractivity contribution is -0.128. The fourth-order valence-electron chi connectivity index (χ4n) is 3.20. The summed E-state index contributed by atoms with van der Waals surface area (Å²) in [7, 11) is 0. The normalized spacial score (nSPS) is 17.9. The third kappa shape index (κ3) is 4.18. The van der Waals surface area contributed by atoms with E-state index in [9.17, 15) is 4.79 Å². The van der Waals surface area contributed by atoms with Gasteiger partial charge in [0.2, 0.25) is 5.91 Å². The van der Waals surface area contributed by atoms with E-state index >= 15 is 0 Å². The second kappa shape index (κ2) is 7.85. The molecular formula is C15H31N3O. The maximum atomic E-state index is 11.8. The van der Waals surface area contributed by atoms with Crippen LogP contribution < -0.4 is 11.1 Å². The summed E-state index contributed by atoms with van der Waals surface area (Å²) in [5, 5.41) is 3.41. The molecule has 0 aliphatic carbocycles. The molecule has 1 aliphatic heterocycles. The summed E-state index contributed by atoms with van der Waals surface area (Å²) in [4.78, 5) is 14.3. The quantitative estimate of drug-likeness (QED) is 0.706. The van der Waals surface area contributed by atoms with E-state index in [0.29, 0.717) is 6.04 Å². The fourth-order valence-corrected chi connectivity index (χ4v) is 3.20. The van der Waals surface area contributed by atoms with E-state index in [2.05, 4.69) is 31.0 Å². The number of hydrogen-bond donors (Lipinski definition) is 2. The highest BCUT2D eigenvalue weighted by molar-refractivity contribution is 5.80. The Morgan fingerprint density at radius 1 is 1.26 bits per heavy atom. The molecule has 0 radical (unpaired) electrons. The van der Waals surface area contributed by atoms with Crippen molar-refractivity contribution < 1.29 is 4.79 Å². The smallest absolute Gasteiger partial charge is 0.223 e. The molecule has 1 fully saturated rings. The van der Waals surface area contributed by atoms with Gasteiger partial charge in [0.15, 0.2) is 0 Å². The van der Waals surface area contributed by atoms with Crippen LogP contribution in [0.1, 0.15) is 52.9 Å². The molecule has 4 nitrogen and oxygen atoms in total. The molecule has 0 aromatic heterocycles. The zero-order chi connectivity index (χ0) is 14.3. The standard InChI is InChI=1S/C15H31N3O/c1-4-15(5-2,14(16)19)9-12-18(6-3)13-7-10-17-11-8-13/h13,17H,4-12H2,1-3H3,(H2,16,19). The largest absolute Gasteiger partial charge is 0.369 e. The Balaban J connectivity index is 2.57. The fraction of sp³-hybridized carbons (Fsp3) is 0.933. The van der Waals surface area contributed by atoms with Gasteiger partial charge in [-0.1, -0.05) is 20.8 Å². The van der Waals surface area contributed by atoms with Crippen LogP contribution in [-0.4, -0.2) is 43.0 Å². The number of nitrogens with two attached hydrogens (primary N) is 1. The number of primary amides is 1. The average Bonchev–Trinajstić information content (AvgIpc) is 2.45. The van der Waals surface area contributed by atoms with Gasteiger partial charge < -0.3 is 16.0 Å². The monoisotopic (exact) mass is 269 g/mol. The number of rotatable bonds is 8. The zero-order valence-corrected chi connectivity index (χ0v) is 12.9. The molecule has 0 bridgehead atoms. The van der Waals surface area contributed by atoms with Gasteiger partial charge >= 0.3 is 0 Å². The molecule has 19 heavy (non-hydrogen) atoms. The summed E-state index contributed by atoms with van der Waals surface area (Å²) in [5.74, 6) is -0.126. The Bertz CT molecular complexity index is 271. The van der Waals surface area contributed by atoms with Crippen LogP contribution in [0.2, 0.25) is 0 Å². The number of piperidine rings is 1. The Labute approximate surface area is 118 Å². The second-order valence-corrected chi connectivity index (χ2v) is 5.71. The summed E-state index contributed by atoms with van der Waals surface area (Å²) in [5.41, 5.74) is 5.33. The number of amides is 1. The topological polar surface area (TPSA) is 58.4 Å². The van der Waals surface area contributed by atoms with Crippen molar-refractivity contribution in [2.45, 2.75) is 58.9 Å². The molecule has 1 rings (SSSR count). The van der Waals surface area contributed by atoms with Crippen molar-refractivity contribution in [3.05, 3.63) is 0 Å². The number of nitrogens with one attached hydrogen (secondary N) is 1. The molecule has 0 unspecified atom stereocenters. The maximum absolute atomic E-state index is 11.8. The first-order valence-corrected chi connectivity index (χ1v) is 7.84. The van der Waals surface area contributed by atoms with Gasteiger partial charge in [-0.2, -0.15) is 0 Å². The highest BCUT2D eigenvalue weighted by Crippen LogP contribution is 2.31. The van der Waals surface area contributed by atoms with Crippen molar-refractivity contribution >= 4 is 5.91 Å². The van der Waals surface area contributed by atoms with E-state index in [1.54, 1.807) is 0 Å². The van der Waals surface area contributed by atoms with E-state index < -0.39 is 0 Å². The summed E-state index contributed by atoms with van der Waals surface area (Å²) < 4.78 is 0. The van der Waals surface area contributed by atoms with E-state index in [1.165, 1.54) is 12.8 Å². The Hall–Kier alpha value is -0.610. The van der Waals surface area contributed by atoms with E-state index in [1.807, 2.05) is 0 Å². The molecule has 0 aromatic carbocycles. The highest BCUT2D eigenvalue weighted by Gasteiger charge is 2.33. The molecule has 112 valence electrons. The Kier molecular flexibility index (Phi) is 6.80. The summed E-state index contributed by atoms with van der Waals surface area (Å²) in [6, 6.07) is 0.672. The lowest BCUT2D eigenvalue weighted by atomic mass is 9.78. The SMILES string of the molecule is CCN(CCC(CC)(CC)C(N)=O)C1CCNCC1. The Morgan fingerprint density at radius 2 is 1.84 bits per heavy atom. The van der Waals surface area contributed by atoms with Crippen LogP contribution in [0, 0.1) is 5.41 Å². The first-order chi connectivity index (χ1) is 9.09. The summed E-state index contributed by atoms with van der Waals surface area (Å²) in [6.45, 7) is 10.7. The van der Waals surface area contributed by atoms with Gasteiger partial charge in [0, 0.05) is 11.5 Å². The van der Waals surface area contributed by atoms with Crippen LogP contribution in [0.3, 0.4) is 0 Å². The van der Waals surface area contributed by atoms with Gasteiger partial charge in [0.05, 0.1) is 0 Å². The molecule has 1 aliphatic rings. The van der Waals surface area contributed by atoms with Gasteiger partial charge in [0.25, 0.3) is 0 Å². The lowest BCUT2D eigenvalue weighted by Crippen LogP contribution is -2.46. The highest BCUT2D eigenvalue weighted by atomic mass is 16.1. The summed E-state index contributed by atoms with van der Waals surface area (Å²) in [6.07, 6.45) is 5.03. The van der Waals surface area contributed by atoms with Crippen LogP contribution in [-0.2, 0) is 4.79 Å². The summed E-state index contributed by atoms with van der Waals surface area (Å²) >= 11 is 0. The number of hydrogen-bond acceptors (Lipinski definition) is 3. The second-order valence-electron chi connectivity index (χ2n) is 5.71. The van der Waals surface area contributed by atoms with Gasteiger partial charge in [0.1, 0.15) is 0 Å². The predicted molar refractivity (Wildman–Crippen MR) is 80.0 cm³/mol. The molecule has 1 amide bonds. The Morgan fingerprint density at radius 3 is 2.26 bits per heavy atom. The van der Waals surface area contributed by atoms with Gasteiger partial charge in [-0.3, -0.25) is 4.79 Å². The van der Waals surface area contributed by atoms with Crippen LogP contribution in [0.4, 0.5) is 0 Å². The van der Waals surface area contributed by atoms with E-state index in [-0.39, 0.29) is 11.3 Å². The van der Waals surface area contributed by atoms with Crippen molar-refractivity contribution in [3.8, 4) is 0 Å². The molecule has 0 spiro atoms. The maximum Gasteiger partial charge on any atom is 0.223 e. The first-order valence-electron chi connectivity index (χ1n) is 7.84. The molecule has 0 saturated carbocycles. The lowest BCUT2D eigenvalue weighted by Gasteiger charge is -2.37. The van der Waals surface area contributed by atoms with Crippen LogP contribution in [0.25, 0.3) is 0 Å². The van der Waals surface area contributed by atoms with Crippen molar-refractivity contribution in [2.24, 2.45) is 11.1 Å². The molecule has 0 aromatic rings. The molecule has 1 heterocycles. The van der Waals surface area contributed by atoms with Crippen molar-refractivity contribution in [1.29, 1.82) is 0 Å². The first kappa shape index (κ1) is 16.4. The minimum Gasteiger partial charge on any atom is -0.369 e. The molecule has 1 saturated heterocycles. The zero-order valence-electron chi connectivity index (χ0n) is 12.9. The van der Waals surface area contributed by atoms with Crippen LogP contribution in [0.5, 0.6) is 0 Å². The number of carbonyl (C=O) groups excluding carboxylic acids is 1. The van der Waals surface area contributed by atoms with Gasteiger partial charge in [-0.15, -0.1) is 0 Å². The van der Waals surface area contributed by atoms with Crippen molar-refractivity contribution in [2.75, 3.05) is 26.2 Å². The van der Waals surface area contributed by atoms with Crippen LogP contribution >= 0.6 is 0 Å². The molecular weight excluding hydrogens is 238 g/mol. The number of nitrogens with zero attached hydrogens (tertiary/aromatic N) is 1.